The summed E-state index contributed by atoms with van der Waals surface area (Å²) in [4.78, 5) is 23.9. The number of carbonyl (C=O) groups is 2. The van der Waals surface area contributed by atoms with Gasteiger partial charge in [0, 0.05) is 20.1 Å². The number of nitrogens with zero attached hydrogens (tertiary/aromatic N) is 1. The van der Waals surface area contributed by atoms with E-state index in [2.05, 4.69) is 5.32 Å². The molecule has 2 N–H and O–H groups in total. The lowest BCUT2D eigenvalue weighted by Crippen LogP contribution is -2.41. The summed E-state index contributed by atoms with van der Waals surface area (Å²) in [6.07, 6.45) is 4.18. The minimum Gasteiger partial charge on any atom is -0.481 e. The van der Waals surface area contributed by atoms with Crippen LogP contribution in [-0.4, -0.2) is 42.1 Å². The van der Waals surface area contributed by atoms with Gasteiger partial charge >= 0.3 is 12.0 Å². The molecule has 0 saturated heterocycles. The summed E-state index contributed by atoms with van der Waals surface area (Å²) >= 11 is 0. The summed E-state index contributed by atoms with van der Waals surface area (Å²) in [6.45, 7) is 2.87. The number of carboxylic acid groups (broad SMARTS) is 1. The molecule has 0 aromatic heterocycles. The average molecular weight is 242 g/mol. The van der Waals surface area contributed by atoms with Gasteiger partial charge in [-0.25, -0.2) is 4.79 Å². The van der Waals surface area contributed by atoms with Gasteiger partial charge in [0.2, 0.25) is 0 Å². The van der Waals surface area contributed by atoms with Crippen molar-refractivity contribution in [3.8, 4) is 0 Å². The lowest BCUT2D eigenvalue weighted by atomic mass is 9.85. The molecule has 5 nitrogen and oxygen atoms in total. The van der Waals surface area contributed by atoms with Gasteiger partial charge in [-0.3, -0.25) is 4.79 Å². The topological polar surface area (TPSA) is 69.6 Å². The van der Waals surface area contributed by atoms with E-state index in [0.29, 0.717) is 18.9 Å². The Bertz CT molecular complexity index is 277. The molecule has 0 aromatic carbocycles. The number of rotatable bonds is 6. The van der Waals surface area contributed by atoms with Gasteiger partial charge in [0.1, 0.15) is 0 Å². The standard InChI is InChI=1S/C12H22N2O3/c1-9(11(15)16)6-7-13-12(17)14(2)8-10-4-3-5-10/h9-10H,3-8H2,1-2H3,(H,13,17)(H,15,16). The van der Waals surface area contributed by atoms with Crippen LogP contribution in [0.3, 0.4) is 0 Å². The van der Waals surface area contributed by atoms with Gasteiger partial charge in [0.05, 0.1) is 5.92 Å². The van der Waals surface area contributed by atoms with Crippen molar-refractivity contribution in [3.05, 3.63) is 0 Å². The van der Waals surface area contributed by atoms with Gasteiger partial charge in [-0.15, -0.1) is 0 Å². The number of urea groups is 1. The molecule has 1 saturated carbocycles. The predicted molar refractivity (Wildman–Crippen MR) is 64.8 cm³/mol. The lowest BCUT2D eigenvalue weighted by Gasteiger charge is -2.30. The monoisotopic (exact) mass is 242 g/mol. The van der Waals surface area contributed by atoms with Gasteiger partial charge in [-0.05, 0) is 25.2 Å². The molecule has 0 aliphatic heterocycles. The Morgan fingerprint density at radius 1 is 1.47 bits per heavy atom. The number of carbonyl (C=O) groups excluding carboxylic acids is 1. The van der Waals surface area contributed by atoms with Gasteiger partial charge < -0.3 is 15.3 Å². The fourth-order valence-electron chi connectivity index (χ4n) is 1.80. The third-order valence-electron chi connectivity index (χ3n) is 3.38. The Hall–Kier alpha value is -1.26. The summed E-state index contributed by atoms with van der Waals surface area (Å²) in [6, 6.07) is -0.102. The molecule has 0 heterocycles. The number of hydrogen-bond acceptors (Lipinski definition) is 2. The first-order valence-corrected chi connectivity index (χ1v) is 6.22. The molecule has 1 aliphatic carbocycles. The van der Waals surface area contributed by atoms with Crippen LogP contribution in [-0.2, 0) is 4.79 Å². The molecular weight excluding hydrogens is 220 g/mol. The average Bonchev–Trinajstić information content (AvgIpc) is 2.22. The first-order chi connectivity index (χ1) is 8.00. The maximum atomic E-state index is 11.6. The highest BCUT2D eigenvalue weighted by Crippen LogP contribution is 2.26. The van der Waals surface area contributed by atoms with Crippen LogP contribution in [0.4, 0.5) is 4.79 Å². The Morgan fingerprint density at radius 3 is 2.59 bits per heavy atom. The van der Waals surface area contributed by atoms with Gasteiger partial charge in [0.25, 0.3) is 0 Å². The molecule has 1 unspecified atom stereocenters. The van der Waals surface area contributed by atoms with E-state index in [4.69, 9.17) is 5.11 Å². The van der Waals surface area contributed by atoms with Crippen LogP contribution < -0.4 is 5.32 Å². The largest absolute Gasteiger partial charge is 0.481 e. The van der Waals surface area contributed by atoms with Crippen LogP contribution in [0.15, 0.2) is 0 Å². The summed E-state index contributed by atoms with van der Waals surface area (Å²) in [5.41, 5.74) is 0. The second kappa shape index (κ2) is 6.47. The molecule has 0 spiro atoms. The highest BCUT2D eigenvalue weighted by molar-refractivity contribution is 5.74. The van der Waals surface area contributed by atoms with Crippen molar-refractivity contribution in [2.24, 2.45) is 11.8 Å². The van der Waals surface area contributed by atoms with Crippen LogP contribution >= 0.6 is 0 Å². The van der Waals surface area contributed by atoms with Crippen LogP contribution in [0, 0.1) is 11.8 Å². The zero-order chi connectivity index (χ0) is 12.8. The summed E-state index contributed by atoms with van der Waals surface area (Å²) in [5, 5.41) is 11.4. The van der Waals surface area contributed by atoms with E-state index in [9.17, 15) is 9.59 Å². The minimum atomic E-state index is -0.818. The van der Waals surface area contributed by atoms with Crippen LogP contribution in [0.5, 0.6) is 0 Å². The normalized spacial score (nSPS) is 17.1. The summed E-state index contributed by atoms with van der Waals surface area (Å²) in [7, 11) is 1.79. The molecule has 0 bridgehead atoms. The molecule has 1 atom stereocenters. The molecule has 1 rings (SSSR count). The quantitative estimate of drug-likeness (QED) is 0.742. The number of carboxylic acids is 1. The summed E-state index contributed by atoms with van der Waals surface area (Å²) in [5.74, 6) is -0.571. The molecule has 98 valence electrons. The Balaban J connectivity index is 2.12. The van der Waals surface area contributed by atoms with Gasteiger partial charge in [-0.1, -0.05) is 13.3 Å². The first kappa shape index (κ1) is 13.8. The highest BCUT2D eigenvalue weighted by atomic mass is 16.4. The van der Waals surface area contributed by atoms with E-state index in [0.717, 1.165) is 6.54 Å². The smallest absolute Gasteiger partial charge is 0.317 e. The second-order valence-corrected chi connectivity index (χ2v) is 4.94. The maximum Gasteiger partial charge on any atom is 0.317 e. The lowest BCUT2D eigenvalue weighted by molar-refractivity contribution is -0.141. The van der Waals surface area contributed by atoms with Crippen LogP contribution in [0.1, 0.15) is 32.6 Å². The van der Waals surface area contributed by atoms with Crippen molar-refractivity contribution < 1.29 is 14.7 Å². The maximum absolute atomic E-state index is 11.6. The van der Waals surface area contributed by atoms with Gasteiger partial charge in [-0.2, -0.15) is 0 Å². The van der Waals surface area contributed by atoms with Gasteiger partial charge in [0.15, 0.2) is 0 Å². The van der Waals surface area contributed by atoms with Crippen molar-refractivity contribution in [1.82, 2.24) is 10.2 Å². The third kappa shape index (κ3) is 4.63. The van der Waals surface area contributed by atoms with E-state index >= 15 is 0 Å². The molecule has 5 heteroatoms. The zero-order valence-corrected chi connectivity index (χ0v) is 10.6. The predicted octanol–water partition coefficient (Wildman–Crippen LogP) is 1.54. The van der Waals surface area contributed by atoms with E-state index in [-0.39, 0.29) is 6.03 Å². The first-order valence-electron chi connectivity index (χ1n) is 6.22. The van der Waals surface area contributed by atoms with E-state index in [1.54, 1.807) is 18.9 Å². The van der Waals surface area contributed by atoms with Crippen molar-refractivity contribution in [2.45, 2.75) is 32.6 Å². The van der Waals surface area contributed by atoms with Crippen LogP contribution in [0.2, 0.25) is 0 Å². The Morgan fingerprint density at radius 2 is 2.12 bits per heavy atom. The molecule has 2 amide bonds. The van der Waals surface area contributed by atoms with E-state index in [1.807, 2.05) is 0 Å². The number of nitrogens with one attached hydrogen (secondary N) is 1. The summed E-state index contributed by atoms with van der Waals surface area (Å²) < 4.78 is 0. The minimum absolute atomic E-state index is 0.102. The van der Waals surface area contributed by atoms with E-state index < -0.39 is 11.9 Å². The second-order valence-electron chi connectivity index (χ2n) is 4.94. The number of amides is 2. The fourth-order valence-corrected chi connectivity index (χ4v) is 1.80. The fraction of sp³-hybridized carbons (Fsp3) is 0.833. The SMILES string of the molecule is CC(CCNC(=O)N(C)CC1CCC1)C(=O)O. The number of hydrogen-bond donors (Lipinski definition) is 2. The molecule has 0 radical (unpaired) electrons. The molecule has 1 aliphatic rings. The molecule has 0 aromatic rings. The third-order valence-corrected chi connectivity index (χ3v) is 3.38. The number of aliphatic carboxylic acids is 1. The highest BCUT2D eigenvalue weighted by Gasteiger charge is 2.21. The van der Waals surface area contributed by atoms with Crippen molar-refractivity contribution in [3.63, 3.8) is 0 Å². The van der Waals surface area contributed by atoms with Crippen molar-refractivity contribution >= 4 is 12.0 Å². The zero-order valence-electron chi connectivity index (χ0n) is 10.6. The Labute approximate surface area is 102 Å². The molecular formula is C12H22N2O3. The van der Waals surface area contributed by atoms with Crippen molar-refractivity contribution in [1.29, 1.82) is 0 Å². The van der Waals surface area contributed by atoms with Crippen LogP contribution in [0.25, 0.3) is 0 Å². The van der Waals surface area contributed by atoms with E-state index in [1.165, 1.54) is 19.3 Å². The molecule has 17 heavy (non-hydrogen) atoms. The Kier molecular flexibility index (Phi) is 5.25. The molecule has 1 fully saturated rings. The van der Waals surface area contributed by atoms with Crippen molar-refractivity contribution in [2.75, 3.05) is 20.1 Å².